The molecule has 2 aromatic rings. The molecule has 0 saturated carbocycles. The summed E-state index contributed by atoms with van der Waals surface area (Å²) in [5, 5.41) is 10.9. The molecule has 0 bridgehead atoms. The fourth-order valence-corrected chi connectivity index (χ4v) is 1.85. The lowest BCUT2D eigenvalue weighted by Gasteiger charge is -2.02. The van der Waals surface area contributed by atoms with Crippen LogP contribution in [0.4, 0.5) is 10.5 Å². The van der Waals surface area contributed by atoms with Crippen LogP contribution in [0, 0.1) is 0 Å². The predicted molar refractivity (Wildman–Crippen MR) is 59.2 cm³/mol. The summed E-state index contributed by atoms with van der Waals surface area (Å²) in [6.07, 6.45) is 0.696. The number of anilines is 1. The van der Waals surface area contributed by atoms with E-state index in [-0.39, 0.29) is 0 Å². The quantitative estimate of drug-likeness (QED) is 0.818. The van der Waals surface area contributed by atoms with Gasteiger partial charge in [0, 0.05) is 11.9 Å². The van der Waals surface area contributed by atoms with Crippen LogP contribution in [0.1, 0.15) is 0 Å². The van der Waals surface area contributed by atoms with Crippen molar-refractivity contribution in [3.05, 3.63) is 36.0 Å². The van der Waals surface area contributed by atoms with Gasteiger partial charge in [-0.15, -0.1) is 11.3 Å². The number of nitrogens with one attached hydrogen (secondary N) is 1. The van der Waals surface area contributed by atoms with Gasteiger partial charge in [-0.05, 0) is 17.7 Å². The molecule has 0 fully saturated rings. The Morgan fingerprint density at radius 3 is 3.00 bits per heavy atom. The van der Waals surface area contributed by atoms with Crippen molar-refractivity contribution in [1.29, 1.82) is 0 Å². The summed E-state index contributed by atoms with van der Waals surface area (Å²) < 4.78 is 0. The van der Waals surface area contributed by atoms with Crippen LogP contribution in [0.2, 0.25) is 0 Å². The third-order valence-electron chi connectivity index (χ3n) is 1.83. The van der Waals surface area contributed by atoms with E-state index in [0.717, 1.165) is 10.4 Å². The number of hydrogen-bond donors (Lipinski definition) is 2. The Hall–Kier alpha value is -1.88. The Balaban J connectivity index is 2.31. The molecule has 1 aromatic heterocycles. The molecule has 0 spiro atoms. The third kappa shape index (κ3) is 2.32. The molecule has 0 unspecified atom stereocenters. The number of carbonyl (C=O) groups is 1. The van der Waals surface area contributed by atoms with Gasteiger partial charge in [0.25, 0.3) is 0 Å². The van der Waals surface area contributed by atoms with E-state index >= 15 is 0 Å². The lowest BCUT2D eigenvalue weighted by Crippen LogP contribution is -2.06. The highest BCUT2D eigenvalue weighted by atomic mass is 32.1. The fourth-order valence-electron chi connectivity index (χ4n) is 1.23. The second kappa shape index (κ2) is 4.10. The van der Waals surface area contributed by atoms with Gasteiger partial charge in [0.2, 0.25) is 0 Å². The molecule has 0 aliphatic heterocycles. The van der Waals surface area contributed by atoms with Crippen molar-refractivity contribution in [3.63, 3.8) is 0 Å². The summed E-state index contributed by atoms with van der Waals surface area (Å²) in [7, 11) is 0. The van der Waals surface area contributed by atoms with Gasteiger partial charge >= 0.3 is 6.09 Å². The molecule has 0 atom stereocenters. The number of rotatable bonds is 2. The number of nitrogens with zero attached hydrogens (tertiary/aromatic N) is 1. The minimum atomic E-state index is -1.06. The standard InChI is InChI=1S/C10H8N2O2S/c13-10(14)12-8-3-1-2-7(4-8)9-5-11-6-15-9/h1-6,12H,(H,13,14). The molecule has 0 radical (unpaired) electrons. The Morgan fingerprint density at radius 2 is 2.33 bits per heavy atom. The van der Waals surface area contributed by atoms with Crippen molar-refractivity contribution >= 4 is 23.1 Å². The average molecular weight is 220 g/mol. The van der Waals surface area contributed by atoms with Crippen LogP contribution in [0.5, 0.6) is 0 Å². The van der Waals surface area contributed by atoms with Gasteiger partial charge in [-0.1, -0.05) is 12.1 Å². The highest BCUT2D eigenvalue weighted by molar-refractivity contribution is 7.13. The minimum absolute atomic E-state index is 0.563. The molecule has 0 saturated heterocycles. The lowest BCUT2D eigenvalue weighted by atomic mass is 10.2. The van der Waals surface area contributed by atoms with Crippen molar-refractivity contribution in [2.75, 3.05) is 5.32 Å². The second-order valence-corrected chi connectivity index (χ2v) is 3.76. The zero-order valence-electron chi connectivity index (χ0n) is 7.68. The van der Waals surface area contributed by atoms with Crippen LogP contribution in [-0.2, 0) is 0 Å². The zero-order valence-corrected chi connectivity index (χ0v) is 8.49. The van der Waals surface area contributed by atoms with E-state index in [4.69, 9.17) is 5.11 Å². The van der Waals surface area contributed by atoms with Crippen LogP contribution in [-0.4, -0.2) is 16.2 Å². The fraction of sp³-hybridized carbons (Fsp3) is 0. The van der Waals surface area contributed by atoms with Gasteiger partial charge in [-0.25, -0.2) is 4.79 Å². The van der Waals surface area contributed by atoms with E-state index in [1.165, 1.54) is 11.3 Å². The molecule has 0 aliphatic rings. The van der Waals surface area contributed by atoms with Crippen molar-refractivity contribution in [2.45, 2.75) is 0 Å². The van der Waals surface area contributed by atoms with E-state index in [9.17, 15) is 4.79 Å². The second-order valence-electron chi connectivity index (χ2n) is 2.88. The molecule has 2 N–H and O–H groups in total. The van der Waals surface area contributed by atoms with Crippen LogP contribution in [0.15, 0.2) is 36.0 Å². The summed E-state index contributed by atoms with van der Waals surface area (Å²) in [5.41, 5.74) is 3.27. The van der Waals surface area contributed by atoms with Crippen LogP contribution >= 0.6 is 11.3 Å². The smallest absolute Gasteiger partial charge is 0.409 e. The van der Waals surface area contributed by atoms with Gasteiger partial charge < -0.3 is 5.11 Å². The number of carboxylic acid groups (broad SMARTS) is 1. The summed E-state index contributed by atoms with van der Waals surface area (Å²) in [6.45, 7) is 0. The Kier molecular flexibility index (Phi) is 2.64. The molecule has 0 aliphatic carbocycles. The Labute approximate surface area is 90.2 Å². The summed E-state index contributed by atoms with van der Waals surface area (Å²) in [5.74, 6) is 0. The molecule has 4 nitrogen and oxygen atoms in total. The van der Waals surface area contributed by atoms with Gasteiger partial charge in [-0.3, -0.25) is 10.3 Å². The number of aromatic nitrogens is 1. The maximum atomic E-state index is 10.4. The first kappa shape index (κ1) is 9.67. The molecule has 1 amide bonds. The Bertz CT molecular complexity index is 468. The first-order chi connectivity index (χ1) is 7.25. The van der Waals surface area contributed by atoms with E-state index in [2.05, 4.69) is 10.3 Å². The normalized spacial score (nSPS) is 9.87. The van der Waals surface area contributed by atoms with E-state index < -0.39 is 6.09 Å². The maximum Gasteiger partial charge on any atom is 0.409 e. The molecule has 2 rings (SSSR count). The molecule has 15 heavy (non-hydrogen) atoms. The number of thiazole rings is 1. The monoisotopic (exact) mass is 220 g/mol. The SMILES string of the molecule is O=C(O)Nc1cccc(-c2cncs2)c1. The molecule has 1 heterocycles. The first-order valence-corrected chi connectivity index (χ1v) is 5.12. The molecule has 1 aromatic carbocycles. The van der Waals surface area contributed by atoms with E-state index in [1.54, 1.807) is 29.9 Å². The van der Waals surface area contributed by atoms with Crippen LogP contribution in [0.3, 0.4) is 0 Å². The highest BCUT2D eigenvalue weighted by Gasteiger charge is 2.02. The topological polar surface area (TPSA) is 62.2 Å². The maximum absolute atomic E-state index is 10.4. The van der Waals surface area contributed by atoms with E-state index in [1.807, 2.05) is 6.07 Å². The minimum Gasteiger partial charge on any atom is -0.465 e. The van der Waals surface area contributed by atoms with Gasteiger partial charge in [0.1, 0.15) is 0 Å². The summed E-state index contributed by atoms with van der Waals surface area (Å²) in [4.78, 5) is 15.4. The molecule has 5 heteroatoms. The van der Waals surface area contributed by atoms with E-state index in [0.29, 0.717) is 5.69 Å². The summed E-state index contributed by atoms with van der Waals surface area (Å²) in [6, 6.07) is 7.21. The average Bonchev–Trinajstić information content (AvgIpc) is 2.69. The van der Waals surface area contributed by atoms with Crippen molar-refractivity contribution in [1.82, 2.24) is 4.98 Å². The predicted octanol–water partition coefficient (Wildman–Crippen LogP) is 2.90. The first-order valence-electron chi connectivity index (χ1n) is 4.24. The van der Waals surface area contributed by atoms with Crippen molar-refractivity contribution < 1.29 is 9.90 Å². The number of hydrogen-bond acceptors (Lipinski definition) is 3. The van der Waals surface area contributed by atoms with Crippen LogP contribution < -0.4 is 5.32 Å². The van der Waals surface area contributed by atoms with Crippen LogP contribution in [0.25, 0.3) is 10.4 Å². The molecular weight excluding hydrogens is 212 g/mol. The van der Waals surface area contributed by atoms with Gasteiger partial charge in [0.15, 0.2) is 0 Å². The lowest BCUT2D eigenvalue weighted by molar-refractivity contribution is 0.210. The third-order valence-corrected chi connectivity index (χ3v) is 2.65. The molecule has 76 valence electrons. The Morgan fingerprint density at radius 1 is 1.47 bits per heavy atom. The largest absolute Gasteiger partial charge is 0.465 e. The summed E-state index contributed by atoms with van der Waals surface area (Å²) >= 11 is 1.52. The van der Waals surface area contributed by atoms with Gasteiger partial charge in [0.05, 0.1) is 10.4 Å². The van der Waals surface area contributed by atoms with Crippen molar-refractivity contribution in [2.24, 2.45) is 0 Å². The zero-order chi connectivity index (χ0) is 10.7. The number of amides is 1. The van der Waals surface area contributed by atoms with Gasteiger partial charge in [-0.2, -0.15) is 0 Å². The molecular formula is C10H8N2O2S. The van der Waals surface area contributed by atoms with Crippen molar-refractivity contribution in [3.8, 4) is 10.4 Å². The highest BCUT2D eigenvalue weighted by Crippen LogP contribution is 2.25. The number of benzene rings is 1.